The summed E-state index contributed by atoms with van der Waals surface area (Å²) in [6.45, 7) is 3.41. The van der Waals surface area contributed by atoms with Gasteiger partial charge in [-0.2, -0.15) is 10.2 Å². The molecule has 0 fully saturated rings. The van der Waals surface area contributed by atoms with Gasteiger partial charge in [0, 0.05) is 23.9 Å². The van der Waals surface area contributed by atoms with E-state index in [0.717, 1.165) is 6.07 Å². The molecule has 0 atom stereocenters. The fourth-order valence-electron chi connectivity index (χ4n) is 2.29. The van der Waals surface area contributed by atoms with Crippen LogP contribution in [-0.4, -0.2) is 46.8 Å². The molecule has 0 aliphatic rings. The summed E-state index contributed by atoms with van der Waals surface area (Å²) in [4.78, 5) is -0.521. The molecule has 0 unspecified atom stereocenters. The number of aromatic hydroxyl groups is 1. The van der Waals surface area contributed by atoms with Crippen LogP contribution in [0.3, 0.4) is 0 Å². The maximum Gasteiger partial charge on any atom is 0.191 e. The van der Waals surface area contributed by atoms with Crippen molar-refractivity contribution in [1.82, 2.24) is 16.2 Å². The molecule has 30 heavy (non-hydrogen) atoms. The van der Waals surface area contributed by atoms with Gasteiger partial charge in [0.1, 0.15) is 15.9 Å². The molecule has 2 aromatic carbocycles. The third-order valence-electron chi connectivity index (χ3n) is 3.89. The molecule has 2 rings (SSSR count). The van der Waals surface area contributed by atoms with E-state index >= 15 is 0 Å². The van der Waals surface area contributed by atoms with Gasteiger partial charge in [-0.25, -0.2) is 8.42 Å². The molecule has 13 heteroatoms. The molecule has 2 aromatic rings. The van der Waals surface area contributed by atoms with E-state index in [9.17, 15) is 18.1 Å². The minimum atomic E-state index is -4.78. The Balaban J connectivity index is 2.26. The van der Waals surface area contributed by atoms with Gasteiger partial charge in [-0.15, -0.1) is 0 Å². The van der Waals surface area contributed by atoms with Crippen molar-refractivity contribution in [3.63, 3.8) is 0 Å². The first-order chi connectivity index (χ1) is 14.0. The number of thiocarbonyl (C=S) groups is 2. The van der Waals surface area contributed by atoms with E-state index in [1.165, 1.54) is 6.07 Å². The minimum absolute atomic E-state index is 0.0269. The van der Waals surface area contributed by atoms with E-state index in [1.54, 1.807) is 39.1 Å². The van der Waals surface area contributed by atoms with Crippen LogP contribution in [0.15, 0.2) is 45.4 Å². The van der Waals surface area contributed by atoms with Crippen LogP contribution < -0.4 is 21.5 Å². The molecular weight excluding hydrogens is 448 g/mol. The van der Waals surface area contributed by atoms with Crippen LogP contribution in [0.4, 0.5) is 5.69 Å². The van der Waals surface area contributed by atoms with Crippen LogP contribution >= 0.6 is 24.4 Å². The second-order valence-corrected chi connectivity index (χ2v) is 8.08. The molecule has 0 radical (unpaired) electrons. The molecule has 0 saturated carbocycles. The molecule has 0 bridgehead atoms. The fraction of sp³-hybridized carbons (Fsp3) is 0.176. The number of hydrogen-bond donors (Lipinski definition) is 5. The third-order valence-corrected chi connectivity index (χ3v) is 5.26. The highest BCUT2D eigenvalue weighted by Crippen LogP contribution is 2.37. The van der Waals surface area contributed by atoms with Gasteiger partial charge < -0.3 is 20.3 Å². The first-order valence-corrected chi connectivity index (χ1v) is 10.6. The van der Waals surface area contributed by atoms with Crippen LogP contribution in [0.25, 0.3) is 10.8 Å². The van der Waals surface area contributed by atoms with Gasteiger partial charge in [0.05, 0.1) is 22.0 Å². The molecule has 0 aliphatic heterocycles. The van der Waals surface area contributed by atoms with Crippen LogP contribution in [0.2, 0.25) is 0 Å². The summed E-state index contributed by atoms with van der Waals surface area (Å²) in [5, 5.41) is 24.7. The van der Waals surface area contributed by atoms with E-state index in [-0.39, 0.29) is 16.2 Å². The van der Waals surface area contributed by atoms with Gasteiger partial charge in [-0.3, -0.25) is 10.9 Å². The Kier molecular flexibility index (Phi) is 7.61. The van der Waals surface area contributed by atoms with Gasteiger partial charge in [-0.1, -0.05) is 24.3 Å². The first-order valence-electron chi connectivity index (χ1n) is 8.39. The van der Waals surface area contributed by atoms with Crippen LogP contribution in [-0.2, 0) is 10.1 Å². The summed E-state index contributed by atoms with van der Waals surface area (Å²) in [6.07, 6.45) is 0. The van der Waals surface area contributed by atoms with E-state index in [2.05, 4.69) is 31.7 Å². The predicted molar refractivity (Wildman–Crippen MR) is 124 cm³/mol. The summed E-state index contributed by atoms with van der Waals surface area (Å²) in [7, 11) is -3.12. The van der Waals surface area contributed by atoms with Crippen molar-refractivity contribution in [2.75, 3.05) is 12.4 Å². The number of benzene rings is 2. The fourth-order valence-corrected chi connectivity index (χ4v) is 3.19. The molecule has 0 amide bonds. The summed E-state index contributed by atoms with van der Waals surface area (Å²) < 4.78 is 34.6. The zero-order valence-electron chi connectivity index (χ0n) is 16.2. The van der Waals surface area contributed by atoms with Gasteiger partial charge in [0.25, 0.3) is 0 Å². The molecule has 10 nitrogen and oxygen atoms in total. The lowest BCUT2D eigenvalue weighted by molar-refractivity contribution is 0.458. The number of phenolic OH excluding ortho intramolecular Hbond substituents is 1. The van der Waals surface area contributed by atoms with Crippen molar-refractivity contribution in [2.24, 2.45) is 10.2 Å². The number of fused-ring (bicyclic) bond motifs is 1. The topological polar surface area (TPSA) is 150 Å². The highest BCUT2D eigenvalue weighted by atomic mass is 32.2. The number of phenols is 1. The lowest BCUT2D eigenvalue weighted by Gasteiger charge is -2.17. The highest BCUT2D eigenvalue weighted by molar-refractivity contribution is 7.86. The zero-order chi connectivity index (χ0) is 22.5. The van der Waals surface area contributed by atoms with E-state index in [1.807, 2.05) is 0 Å². The quantitative estimate of drug-likeness (QED) is 0.144. The molecule has 0 saturated heterocycles. The highest BCUT2D eigenvalue weighted by Gasteiger charge is 2.16. The Morgan fingerprint density at radius 3 is 2.10 bits per heavy atom. The minimum Gasteiger partial charge on any atom is -0.744 e. The van der Waals surface area contributed by atoms with Crippen molar-refractivity contribution in [3.05, 3.63) is 30.3 Å². The number of anilines is 1. The van der Waals surface area contributed by atoms with Crippen LogP contribution in [0.1, 0.15) is 13.8 Å². The summed E-state index contributed by atoms with van der Waals surface area (Å²) in [5.41, 5.74) is 6.42. The van der Waals surface area contributed by atoms with Crippen molar-refractivity contribution in [2.45, 2.75) is 18.7 Å². The number of hydrogen-bond acceptors (Lipinski definition) is 8. The molecule has 0 aromatic heterocycles. The summed E-state index contributed by atoms with van der Waals surface area (Å²) >= 11 is 10.1. The average molecular weight is 468 g/mol. The maximum atomic E-state index is 11.5. The SMILES string of the molecule is CNC(=S)N/N=C(C)/C(C)=N/NC(=S)Nc1c(O)cc(S(=O)(=O)[O-])c2ccccc12. The Hall–Kier alpha value is -2.87. The lowest BCUT2D eigenvalue weighted by Crippen LogP contribution is -2.30. The molecular formula is C17H19N6O4S3-. The number of hydrazone groups is 2. The van der Waals surface area contributed by atoms with Gasteiger partial charge in [0.2, 0.25) is 0 Å². The lowest BCUT2D eigenvalue weighted by atomic mass is 10.1. The smallest absolute Gasteiger partial charge is 0.191 e. The van der Waals surface area contributed by atoms with Crippen LogP contribution in [0, 0.1) is 0 Å². The van der Waals surface area contributed by atoms with Crippen molar-refractivity contribution >= 4 is 72.7 Å². The van der Waals surface area contributed by atoms with Crippen molar-refractivity contribution < 1.29 is 18.1 Å². The second kappa shape index (κ2) is 9.75. The largest absolute Gasteiger partial charge is 0.744 e. The van der Waals surface area contributed by atoms with E-state index in [4.69, 9.17) is 24.4 Å². The predicted octanol–water partition coefficient (Wildman–Crippen LogP) is 1.58. The molecule has 0 aliphatic carbocycles. The van der Waals surface area contributed by atoms with Crippen molar-refractivity contribution in [1.29, 1.82) is 0 Å². The molecule has 0 spiro atoms. The first kappa shape index (κ1) is 23.4. The van der Waals surface area contributed by atoms with Gasteiger partial charge in [-0.05, 0) is 38.3 Å². The monoisotopic (exact) mass is 467 g/mol. The van der Waals surface area contributed by atoms with Crippen LogP contribution in [0.5, 0.6) is 5.75 Å². The van der Waals surface area contributed by atoms with Crippen molar-refractivity contribution in [3.8, 4) is 5.75 Å². The summed E-state index contributed by atoms with van der Waals surface area (Å²) in [5.74, 6) is -0.449. The Morgan fingerprint density at radius 2 is 1.57 bits per heavy atom. The number of nitrogens with one attached hydrogen (secondary N) is 4. The summed E-state index contributed by atoms with van der Waals surface area (Å²) in [6, 6.07) is 7.12. The van der Waals surface area contributed by atoms with Gasteiger partial charge >= 0.3 is 0 Å². The Labute approximate surface area is 184 Å². The van der Waals surface area contributed by atoms with E-state index < -0.39 is 20.8 Å². The van der Waals surface area contributed by atoms with Gasteiger partial charge in [0.15, 0.2) is 10.2 Å². The van der Waals surface area contributed by atoms with E-state index in [0.29, 0.717) is 21.9 Å². The Morgan fingerprint density at radius 1 is 1.03 bits per heavy atom. The normalized spacial score (nSPS) is 12.4. The molecule has 0 heterocycles. The standard InChI is InChI=1S/C17H20N6O4S3/c1-9(20-22-16(28)18-3)10(2)21-23-17(29)19-15-12-7-5-4-6-11(12)14(8-13(15)24)30(25,26)27/h4-8,24H,1-3H3,(H2,18,22,28)(H2,19,23,29)(H,25,26,27)/p-1/b20-9+,21-10+. The zero-order valence-corrected chi connectivity index (χ0v) is 18.6. The number of rotatable bonds is 5. The second-order valence-electron chi connectivity index (χ2n) is 5.92. The molecule has 160 valence electrons. The number of nitrogens with zero attached hydrogens (tertiary/aromatic N) is 2. The third kappa shape index (κ3) is 5.82. The maximum absolute atomic E-state index is 11.5. The Bertz CT molecular complexity index is 1160. The average Bonchev–Trinajstić information content (AvgIpc) is 2.70. The molecule has 5 N–H and O–H groups in total.